The number of carbonyl (C=O) groups is 3. The van der Waals surface area contributed by atoms with E-state index >= 15 is 0 Å². The standard InChI is InChI=1S/C19H18ClN5O3/c1-22-17(27)15-19(18(21)28,24-10-23-15)12-4-8-14(9-5-12)25-16(26)11-2-6-13(20)7-3-11/h2-9,24H,10H2,1H3,(H2,21,28)(H,22,27)(H,25,26). The summed E-state index contributed by atoms with van der Waals surface area (Å²) in [5.74, 6) is -1.55. The highest BCUT2D eigenvalue weighted by molar-refractivity contribution is 6.47. The third kappa shape index (κ3) is 3.47. The van der Waals surface area contributed by atoms with Crippen LogP contribution in [0.5, 0.6) is 0 Å². The molecule has 28 heavy (non-hydrogen) atoms. The van der Waals surface area contributed by atoms with Crippen LogP contribution in [0.2, 0.25) is 5.02 Å². The lowest BCUT2D eigenvalue weighted by Crippen LogP contribution is -2.58. The average Bonchev–Trinajstić information content (AvgIpc) is 3.14. The van der Waals surface area contributed by atoms with Crippen LogP contribution in [0.1, 0.15) is 15.9 Å². The van der Waals surface area contributed by atoms with E-state index in [-0.39, 0.29) is 18.3 Å². The van der Waals surface area contributed by atoms with Crippen molar-refractivity contribution < 1.29 is 14.4 Å². The minimum absolute atomic E-state index is 0.000417. The first-order valence-electron chi connectivity index (χ1n) is 8.38. The minimum Gasteiger partial charge on any atom is -0.367 e. The number of amides is 3. The zero-order chi connectivity index (χ0) is 20.3. The number of carbonyl (C=O) groups excluding carboxylic acids is 3. The minimum atomic E-state index is -1.53. The van der Waals surface area contributed by atoms with Crippen molar-refractivity contribution in [3.05, 3.63) is 64.7 Å². The summed E-state index contributed by atoms with van der Waals surface area (Å²) in [4.78, 5) is 40.8. The number of halogens is 1. The van der Waals surface area contributed by atoms with Gasteiger partial charge in [-0.05, 0) is 42.0 Å². The molecule has 1 unspecified atom stereocenters. The van der Waals surface area contributed by atoms with Crippen LogP contribution in [-0.2, 0) is 15.1 Å². The second kappa shape index (κ2) is 7.79. The number of aliphatic imine (C=N–C) groups is 1. The SMILES string of the molecule is CNC(=O)C1=NCNC1(C(N)=O)c1ccc(NC(=O)c2ccc(Cl)cc2)cc1. The Bertz CT molecular complexity index is 957. The largest absolute Gasteiger partial charge is 0.367 e. The molecule has 0 saturated carbocycles. The van der Waals surface area contributed by atoms with Gasteiger partial charge in [0.25, 0.3) is 11.8 Å². The van der Waals surface area contributed by atoms with Gasteiger partial charge < -0.3 is 16.4 Å². The number of benzene rings is 2. The van der Waals surface area contributed by atoms with Gasteiger partial charge in [-0.3, -0.25) is 24.7 Å². The molecule has 2 aromatic carbocycles. The first-order valence-corrected chi connectivity index (χ1v) is 8.75. The van der Waals surface area contributed by atoms with Crippen molar-refractivity contribution in [3.8, 4) is 0 Å². The predicted molar refractivity (Wildman–Crippen MR) is 106 cm³/mol. The third-order valence-electron chi connectivity index (χ3n) is 4.43. The van der Waals surface area contributed by atoms with Crippen LogP contribution in [0.15, 0.2) is 53.5 Å². The van der Waals surface area contributed by atoms with Gasteiger partial charge in [-0.25, -0.2) is 0 Å². The van der Waals surface area contributed by atoms with E-state index < -0.39 is 17.4 Å². The Balaban J connectivity index is 1.85. The molecule has 1 atom stereocenters. The molecule has 3 rings (SSSR count). The van der Waals surface area contributed by atoms with E-state index in [0.29, 0.717) is 21.8 Å². The Hall–Kier alpha value is -3.23. The molecule has 0 saturated heterocycles. The summed E-state index contributed by atoms with van der Waals surface area (Å²) in [6.45, 7) is 0.0841. The van der Waals surface area contributed by atoms with Crippen LogP contribution in [-0.4, -0.2) is 37.1 Å². The first kappa shape index (κ1) is 19.5. The van der Waals surface area contributed by atoms with Gasteiger partial charge in [-0.2, -0.15) is 0 Å². The molecule has 0 bridgehead atoms. The lowest BCUT2D eigenvalue weighted by molar-refractivity contribution is -0.123. The molecule has 0 radical (unpaired) electrons. The van der Waals surface area contributed by atoms with Crippen LogP contribution in [0.3, 0.4) is 0 Å². The maximum absolute atomic E-state index is 12.3. The Morgan fingerprint density at radius 2 is 1.71 bits per heavy atom. The topological polar surface area (TPSA) is 126 Å². The molecule has 9 heteroatoms. The van der Waals surface area contributed by atoms with Gasteiger partial charge in [0.05, 0.1) is 6.67 Å². The normalized spacial score (nSPS) is 18.3. The van der Waals surface area contributed by atoms with Gasteiger partial charge in [0.1, 0.15) is 5.71 Å². The molecule has 0 aliphatic carbocycles. The maximum Gasteiger partial charge on any atom is 0.267 e. The van der Waals surface area contributed by atoms with Crippen LogP contribution >= 0.6 is 11.6 Å². The third-order valence-corrected chi connectivity index (χ3v) is 4.68. The molecule has 144 valence electrons. The number of anilines is 1. The summed E-state index contributed by atoms with van der Waals surface area (Å²) in [5, 5.41) is 8.66. The molecule has 3 amide bonds. The predicted octanol–water partition coefficient (Wildman–Crippen LogP) is 1.02. The summed E-state index contributed by atoms with van der Waals surface area (Å²) in [6.07, 6.45) is 0. The lowest BCUT2D eigenvalue weighted by atomic mass is 9.84. The van der Waals surface area contributed by atoms with E-state index in [1.807, 2.05) is 0 Å². The number of nitrogens with one attached hydrogen (secondary N) is 3. The van der Waals surface area contributed by atoms with E-state index in [1.54, 1.807) is 48.5 Å². The number of hydrogen-bond acceptors (Lipinski definition) is 5. The first-order chi connectivity index (χ1) is 13.4. The van der Waals surface area contributed by atoms with Crippen molar-refractivity contribution in [2.45, 2.75) is 5.54 Å². The molecular formula is C19H18ClN5O3. The van der Waals surface area contributed by atoms with Crippen LogP contribution in [0.4, 0.5) is 5.69 Å². The molecule has 0 fully saturated rings. The Kier molecular flexibility index (Phi) is 5.43. The fourth-order valence-electron chi connectivity index (χ4n) is 2.99. The molecule has 5 N–H and O–H groups in total. The second-order valence-corrected chi connectivity index (χ2v) is 6.51. The summed E-state index contributed by atoms with van der Waals surface area (Å²) in [6, 6.07) is 12.9. The number of primary amides is 1. The van der Waals surface area contributed by atoms with E-state index in [2.05, 4.69) is 20.9 Å². The molecule has 1 aliphatic rings. The Labute approximate surface area is 166 Å². The van der Waals surface area contributed by atoms with Gasteiger partial charge in [0, 0.05) is 23.3 Å². The highest BCUT2D eigenvalue weighted by atomic mass is 35.5. The number of rotatable bonds is 5. The summed E-state index contributed by atoms with van der Waals surface area (Å²) in [5.41, 5.74) is 5.50. The van der Waals surface area contributed by atoms with Gasteiger partial charge in [0.15, 0.2) is 5.54 Å². The van der Waals surface area contributed by atoms with Crippen molar-refractivity contribution in [2.75, 3.05) is 19.0 Å². The van der Waals surface area contributed by atoms with Crippen LogP contribution in [0.25, 0.3) is 0 Å². The number of nitrogens with zero attached hydrogens (tertiary/aromatic N) is 1. The van der Waals surface area contributed by atoms with Crippen molar-refractivity contribution in [1.82, 2.24) is 10.6 Å². The fourth-order valence-corrected chi connectivity index (χ4v) is 3.12. The summed E-state index contributed by atoms with van der Waals surface area (Å²) >= 11 is 5.83. The number of nitrogens with two attached hydrogens (primary N) is 1. The zero-order valence-electron chi connectivity index (χ0n) is 15.0. The van der Waals surface area contributed by atoms with E-state index in [9.17, 15) is 14.4 Å². The average molecular weight is 400 g/mol. The molecule has 8 nitrogen and oxygen atoms in total. The highest BCUT2D eigenvalue weighted by Crippen LogP contribution is 2.28. The van der Waals surface area contributed by atoms with Crippen LogP contribution in [0, 0.1) is 0 Å². The highest BCUT2D eigenvalue weighted by Gasteiger charge is 2.49. The van der Waals surface area contributed by atoms with Crippen molar-refractivity contribution in [3.63, 3.8) is 0 Å². The van der Waals surface area contributed by atoms with Gasteiger partial charge in [-0.1, -0.05) is 23.7 Å². The van der Waals surface area contributed by atoms with E-state index in [0.717, 1.165) is 0 Å². The van der Waals surface area contributed by atoms with Gasteiger partial charge >= 0.3 is 0 Å². The smallest absolute Gasteiger partial charge is 0.267 e. The van der Waals surface area contributed by atoms with E-state index in [4.69, 9.17) is 17.3 Å². The molecule has 0 spiro atoms. The van der Waals surface area contributed by atoms with Crippen molar-refractivity contribution in [1.29, 1.82) is 0 Å². The van der Waals surface area contributed by atoms with Gasteiger partial charge in [0.2, 0.25) is 5.91 Å². The fraction of sp³-hybridized carbons (Fsp3) is 0.158. The van der Waals surface area contributed by atoms with E-state index in [1.165, 1.54) is 7.05 Å². The number of hydrogen-bond donors (Lipinski definition) is 4. The summed E-state index contributed by atoms with van der Waals surface area (Å²) < 4.78 is 0. The molecule has 0 aromatic heterocycles. The maximum atomic E-state index is 12.3. The molecule has 2 aromatic rings. The summed E-state index contributed by atoms with van der Waals surface area (Å²) in [7, 11) is 1.45. The van der Waals surface area contributed by atoms with Crippen LogP contribution < -0.4 is 21.7 Å². The molecule has 1 aliphatic heterocycles. The lowest BCUT2D eigenvalue weighted by Gasteiger charge is -2.27. The van der Waals surface area contributed by atoms with Gasteiger partial charge in [-0.15, -0.1) is 0 Å². The zero-order valence-corrected chi connectivity index (χ0v) is 15.7. The Morgan fingerprint density at radius 1 is 1.07 bits per heavy atom. The Morgan fingerprint density at radius 3 is 2.29 bits per heavy atom. The van der Waals surface area contributed by atoms with Crippen molar-refractivity contribution >= 4 is 40.7 Å². The quantitative estimate of drug-likeness (QED) is 0.598. The molecule has 1 heterocycles. The second-order valence-electron chi connectivity index (χ2n) is 6.07. The van der Waals surface area contributed by atoms with Crippen molar-refractivity contribution in [2.24, 2.45) is 10.7 Å². The molecular weight excluding hydrogens is 382 g/mol. The monoisotopic (exact) mass is 399 g/mol.